The van der Waals surface area contributed by atoms with Gasteiger partial charge in [-0.05, 0) is 23.8 Å². The van der Waals surface area contributed by atoms with Gasteiger partial charge in [0.25, 0.3) is 5.91 Å². The smallest absolute Gasteiger partial charge is 0.451 e. The Morgan fingerprint density at radius 1 is 1.23 bits per heavy atom. The highest BCUT2D eigenvalue weighted by atomic mass is 32.2. The highest BCUT2D eigenvalue weighted by molar-refractivity contribution is 7.98. The van der Waals surface area contributed by atoms with Gasteiger partial charge < -0.3 is 23.8 Å². The predicted molar refractivity (Wildman–Crippen MR) is 136 cm³/mol. The number of fused-ring (bicyclic) bond motifs is 4. The summed E-state index contributed by atoms with van der Waals surface area (Å²) in [5.74, 6) is -2.64. The number of hydrogen-bond acceptors (Lipinski definition) is 10. The number of methoxy groups -OCH3 is 1. The summed E-state index contributed by atoms with van der Waals surface area (Å²) < 4.78 is 51.6. The molecule has 1 amide bonds. The molecular formula is C26H22F2N4O7S. The van der Waals surface area contributed by atoms with Crippen LogP contribution in [0.15, 0.2) is 52.4 Å². The van der Waals surface area contributed by atoms with E-state index in [0.29, 0.717) is 11.3 Å². The maximum absolute atomic E-state index is 15.2. The molecule has 1 fully saturated rings. The van der Waals surface area contributed by atoms with Gasteiger partial charge >= 0.3 is 6.16 Å². The first-order valence-electron chi connectivity index (χ1n) is 12.2. The second-order valence-electron chi connectivity index (χ2n) is 9.00. The molecule has 0 radical (unpaired) electrons. The van der Waals surface area contributed by atoms with E-state index in [2.05, 4.69) is 9.72 Å². The molecule has 1 saturated heterocycles. The van der Waals surface area contributed by atoms with Crippen LogP contribution in [0, 0.1) is 11.6 Å². The molecule has 0 saturated carbocycles. The molecule has 3 aromatic rings. The molecule has 40 heavy (non-hydrogen) atoms. The number of aromatic nitrogens is 2. The van der Waals surface area contributed by atoms with Crippen molar-refractivity contribution >= 4 is 23.8 Å². The van der Waals surface area contributed by atoms with Gasteiger partial charge in [-0.2, -0.15) is 0 Å². The number of benzene rings is 1. The number of halogens is 2. The standard InChI is InChI=1S/C26H22F2N4O7S/c1-36-26(35)39-13-38-24-17(33)6-8-31-23(24)25(34)30-9-10-37-11-19(30)32(31)22-14-4-5-16(27)20(28)15(14)12-40-18-3-2-7-29-21(18)22/h2-8,19,22H,9-13H2,1H3. The average molecular weight is 573 g/mol. The van der Waals surface area contributed by atoms with Crippen molar-refractivity contribution in [1.29, 1.82) is 0 Å². The second-order valence-corrected chi connectivity index (χ2v) is 10.0. The van der Waals surface area contributed by atoms with Gasteiger partial charge in [-0.15, -0.1) is 11.8 Å². The van der Waals surface area contributed by atoms with E-state index in [9.17, 15) is 18.8 Å². The van der Waals surface area contributed by atoms with Gasteiger partial charge in [-0.1, -0.05) is 6.07 Å². The SMILES string of the molecule is COC(=O)OCOc1c2n(ccc1=O)N(C1c3ccc(F)c(F)c3CSc3cccnc31)C1COCCN1C2=O. The van der Waals surface area contributed by atoms with Crippen LogP contribution in [-0.4, -0.2) is 66.4 Å². The maximum atomic E-state index is 15.2. The minimum atomic E-state index is -1.03. The third kappa shape index (κ3) is 4.23. The molecule has 3 aliphatic rings. The van der Waals surface area contributed by atoms with Crippen molar-refractivity contribution in [3.63, 3.8) is 0 Å². The number of morpholine rings is 1. The molecule has 2 unspecified atom stereocenters. The number of amides is 1. The van der Waals surface area contributed by atoms with E-state index in [-0.39, 0.29) is 42.5 Å². The molecule has 5 heterocycles. The zero-order valence-corrected chi connectivity index (χ0v) is 21.9. The topological polar surface area (TPSA) is 112 Å². The molecule has 0 spiro atoms. The van der Waals surface area contributed by atoms with Gasteiger partial charge in [0.15, 0.2) is 17.3 Å². The fourth-order valence-corrected chi connectivity index (χ4v) is 6.24. The van der Waals surface area contributed by atoms with E-state index in [1.165, 1.54) is 39.7 Å². The molecule has 1 aromatic carbocycles. The van der Waals surface area contributed by atoms with E-state index < -0.39 is 48.1 Å². The lowest BCUT2D eigenvalue weighted by molar-refractivity contribution is -0.0210. The Bertz CT molecular complexity index is 1570. The molecule has 14 heteroatoms. The first kappa shape index (κ1) is 26.1. The van der Waals surface area contributed by atoms with Gasteiger partial charge in [0.1, 0.15) is 12.2 Å². The monoisotopic (exact) mass is 572 g/mol. The molecule has 208 valence electrons. The largest absolute Gasteiger partial charge is 0.510 e. The van der Waals surface area contributed by atoms with Crippen molar-refractivity contribution in [3.8, 4) is 5.75 Å². The van der Waals surface area contributed by atoms with Crippen molar-refractivity contribution in [3.05, 3.63) is 87.1 Å². The van der Waals surface area contributed by atoms with Crippen molar-refractivity contribution in [2.45, 2.75) is 22.9 Å². The maximum Gasteiger partial charge on any atom is 0.510 e. The summed E-state index contributed by atoms with van der Waals surface area (Å²) in [6, 6.07) is 6.55. The van der Waals surface area contributed by atoms with Crippen molar-refractivity contribution in [2.24, 2.45) is 0 Å². The van der Waals surface area contributed by atoms with Crippen molar-refractivity contribution in [2.75, 3.05) is 38.7 Å². The molecule has 0 aliphatic carbocycles. The molecular weight excluding hydrogens is 550 g/mol. The lowest BCUT2D eigenvalue weighted by Crippen LogP contribution is -2.66. The highest BCUT2D eigenvalue weighted by Gasteiger charge is 2.47. The fraction of sp³-hybridized carbons (Fsp3) is 0.308. The number of hydrogen-bond donors (Lipinski definition) is 0. The number of ether oxygens (including phenoxy) is 4. The van der Waals surface area contributed by atoms with Crippen molar-refractivity contribution in [1.82, 2.24) is 14.6 Å². The van der Waals surface area contributed by atoms with E-state index in [0.717, 1.165) is 18.1 Å². The lowest BCUT2D eigenvalue weighted by atomic mass is 9.96. The van der Waals surface area contributed by atoms with E-state index in [4.69, 9.17) is 14.2 Å². The quantitative estimate of drug-likeness (QED) is 0.342. The van der Waals surface area contributed by atoms with Crippen LogP contribution in [0.3, 0.4) is 0 Å². The van der Waals surface area contributed by atoms with Crippen LogP contribution >= 0.6 is 11.8 Å². The van der Waals surface area contributed by atoms with Crippen LogP contribution in [0.5, 0.6) is 5.75 Å². The van der Waals surface area contributed by atoms with Gasteiger partial charge in [0, 0.05) is 41.2 Å². The van der Waals surface area contributed by atoms with Gasteiger partial charge in [-0.3, -0.25) is 24.3 Å². The third-order valence-corrected chi connectivity index (χ3v) is 8.01. The summed E-state index contributed by atoms with van der Waals surface area (Å²) in [4.78, 5) is 45.1. The summed E-state index contributed by atoms with van der Waals surface area (Å²) in [7, 11) is 1.12. The number of carbonyl (C=O) groups is 2. The van der Waals surface area contributed by atoms with Crippen LogP contribution < -0.4 is 15.2 Å². The summed E-state index contributed by atoms with van der Waals surface area (Å²) in [6.07, 6.45) is 1.29. The van der Waals surface area contributed by atoms with E-state index in [1.807, 2.05) is 6.07 Å². The normalized spacial score (nSPS) is 19.5. The van der Waals surface area contributed by atoms with E-state index >= 15 is 4.39 Å². The first-order chi connectivity index (χ1) is 19.4. The molecule has 2 aromatic heterocycles. The summed E-state index contributed by atoms with van der Waals surface area (Å²) in [6.45, 7) is -0.136. The van der Waals surface area contributed by atoms with Crippen LogP contribution in [0.1, 0.15) is 33.4 Å². The summed E-state index contributed by atoms with van der Waals surface area (Å²) >= 11 is 1.32. The van der Waals surface area contributed by atoms with Gasteiger partial charge in [-0.25, -0.2) is 13.6 Å². The molecule has 0 bridgehead atoms. The number of rotatable bonds is 4. The Labute approximate surface area is 230 Å². The van der Waals surface area contributed by atoms with Gasteiger partial charge in [0.05, 0.1) is 26.0 Å². The zero-order valence-electron chi connectivity index (χ0n) is 21.0. The Morgan fingerprint density at radius 3 is 2.90 bits per heavy atom. The fourth-order valence-electron chi connectivity index (χ4n) is 5.16. The van der Waals surface area contributed by atoms with Crippen molar-refractivity contribution < 1.29 is 37.3 Å². The number of thioether (sulfide) groups is 1. The first-order valence-corrected chi connectivity index (χ1v) is 13.2. The molecule has 6 rings (SSSR count). The Hall–Kier alpha value is -4.17. The average Bonchev–Trinajstić information content (AvgIpc) is 3.13. The zero-order chi connectivity index (χ0) is 28.0. The number of nitrogens with zero attached hydrogens (tertiary/aromatic N) is 4. The molecule has 0 N–H and O–H groups in total. The molecule has 2 atom stereocenters. The number of pyridine rings is 2. The predicted octanol–water partition coefficient (Wildman–Crippen LogP) is 2.79. The Morgan fingerprint density at radius 2 is 2.08 bits per heavy atom. The van der Waals surface area contributed by atoms with Crippen LogP contribution in [-0.2, 0) is 20.0 Å². The Balaban J connectivity index is 1.58. The minimum absolute atomic E-state index is 0.101. The second kappa shape index (κ2) is 10.4. The molecule has 3 aliphatic heterocycles. The van der Waals surface area contributed by atoms with Crippen LogP contribution in [0.25, 0.3) is 0 Å². The summed E-state index contributed by atoms with van der Waals surface area (Å²) in [5.41, 5.74) is 0.419. The minimum Gasteiger partial charge on any atom is -0.451 e. The summed E-state index contributed by atoms with van der Waals surface area (Å²) in [5, 5.41) is 1.76. The highest BCUT2D eigenvalue weighted by Crippen LogP contribution is 2.44. The Kier molecular flexibility index (Phi) is 6.80. The van der Waals surface area contributed by atoms with E-state index in [1.54, 1.807) is 17.3 Å². The number of carbonyl (C=O) groups excluding carboxylic acids is 2. The van der Waals surface area contributed by atoms with Crippen LogP contribution in [0.2, 0.25) is 0 Å². The van der Waals surface area contributed by atoms with Crippen LogP contribution in [0.4, 0.5) is 13.6 Å². The molecule has 11 nitrogen and oxygen atoms in total. The van der Waals surface area contributed by atoms with Gasteiger partial charge in [0.2, 0.25) is 18.0 Å². The lowest BCUT2D eigenvalue weighted by Gasteiger charge is -2.51. The third-order valence-electron chi connectivity index (χ3n) is 6.92.